The van der Waals surface area contributed by atoms with Gasteiger partial charge in [-0.25, -0.2) is 0 Å². The lowest BCUT2D eigenvalue weighted by molar-refractivity contribution is 0.160. The van der Waals surface area contributed by atoms with E-state index in [1.54, 1.807) is 11.8 Å². The van der Waals surface area contributed by atoms with Crippen LogP contribution in [0.4, 0.5) is 0 Å². The number of rotatable bonds is 5. The first kappa shape index (κ1) is 12.7. The highest BCUT2D eigenvalue weighted by atomic mass is 32.2. The van der Waals surface area contributed by atoms with Crippen molar-refractivity contribution in [2.24, 2.45) is 5.92 Å². The van der Waals surface area contributed by atoms with Crippen molar-refractivity contribution in [3.63, 3.8) is 0 Å². The number of hydrogen-bond donors (Lipinski definition) is 0. The van der Waals surface area contributed by atoms with Gasteiger partial charge in [-0.1, -0.05) is 18.7 Å². The lowest BCUT2D eigenvalue weighted by atomic mass is 9.99. The van der Waals surface area contributed by atoms with E-state index < -0.39 is 0 Å². The summed E-state index contributed by atoms with van der Waals surface area (Å²) in [6.07, 6.45) is 4.10. The fourth-order valence-corrected chi connectivity index (χ4v) is 4.15. The summed E-state index contributed by atoms with van der Waals surface area (Å²) in [5.74, 6) is 2.56. The van der Waals surface area contributed by atoms with Crippen LogP contribution in [0.15, 0.2) is 5.03 Å². The smallest absolute Gasteiger partial charge is 0.260 e. The third-order valence-corrected chi connectivity index (χ3v) is 5.42. The van der Waals surface area contributed by atoms with Crippen molar-refractivity contribution in [3.05, 3.63) is 0 Å². The van der Waals surface area contributed by atoms with E-state index in [-0.39, 0.29) is 0 Å². The molecule has 3 rings (SSSR count). The first-order valence-corrected chi connectivity index (χ1v) is 8.42. The van der Waals surface area contributed by atoms with E-state index in [0.717, 1.165) is 29.6 Å². The average Bonchev–Trinajstić information content (AvgIpc) is 2.93. The van der Waals surface area contributed by atoms with Gasteiger partial charge < -0.3 is 4.74 Å². The van der Waals surface area contributed by atoms with Crippen LogP contribution in [0.1, 0.15) is 26.2 Å². The molecule has 3 heterocycles. The summed E-state index contributed by atoms with van der Waals surface area (Å²) >= 11 is 3.03. The van der Waals surface area contributed by atoms with Gasteiger partial charge >= 0.3 is 0 Å². The van der Waals surface area contributed by atoms with Crippen molar-refractivity contribution in [3.8, 4) is 5.88 Å². The normalized spacial score (nSPS) is 30.6. The van der Waals surface area contributed by atoms with E-state index >= 15 is 0 Å². The van der Waals surface area contributed by atoms with Crippen LogP contribution in [-0.4, -0.2) is 45.1 Å². The highest BCUT2D eigenvalue weighted by molar-refractivity contribution is 7.99. The van der Waals surface area contributed by atoms with Crippen molar-refractivity contribution in [2.45, 2.75) is 37.3 Å². The fraction of sp³-hybridized carbons (Fsp3) is 0.833. The van der Waals surface area contributed by atoms with Crippen molar-refractivity contribution in [1.82, 2.24) is 13.6 Å². The Balaban J connectivity index is 1.64. The average molecular weight is 285 g/mol. The highest BCUT2D eigenvalue weighted by Crippen LogP contribution is 2.33. The Morgan fingerprint density at radius 2 is 2.39 bits per heavy atom. The number of nitrogens with zero attached hydrogens (tertiary/aromatic N) is 3. The predicted molar refractivity (Wildman–Crippen MR) is 74.5 cm³/mol. The molecule has 4 nitrogen and oxygen atoms in total. The molecule has 0 spiro atoms. The van der Waals surface area contributed by atoms with Gasteiger partial charge in [-0.05, 0) is 31.6 Å². The highest BCUT2D eigenvalue weighted by Gasteiger charge is 2.37. The van der Waals surface area contributed by atoms with Crippen LogP contribution in [0.2, 0.25) is 0 Å². The van der Waals surface area contributed by atoms with Crippen molar-refractivity contribution < 1.29 is 4.74 Å². The van der Waals surface area contributed by atoms with Crippen LogP contribution < -0.4 is 4.74 Å². The lowest BCUT2D eigenvalue weighted by Crippen LogP contribution is -2.26. The monoisotopic (exact) mass is 285 g/mol. The maximum Gasteiger partial charge on any atom is 0.260 e. The number of ether oxygens (including phenoxy) is 1. The number of aromatic nitrogens is 2. The number of hydrogen-bond acceptors (Lipinski definition) is 6. The van der Waals surface area contributed by atoms with Crippen LogP contribution in [0, 0.1) is 5.92 Å². The van der Waals surface area contributed by atoms with Crippen LogP contribution >= 0.6 is 23.5 Å². The summed E-state index contributed by atoms with van der Waals surface area (Å²) < 4.78 is 14.8. The summed E-state index contributed by atoms with van der Waals surface area (Å²) in [6.45, 7) is 5.70. The van der Waals surface area contributed by atoms with Gasteiger partial charge in [0.15, 0.2) is 5.03 Å². The molecule has 1 aromatic heterocycles. The third kappa shape index (κ3) is 2.65. The van der Waals surface area contributed by atoms with Gasteiger partial charge in [0.25, 0.3) is 5.88 Å². The molecule has 3 atom stereocenters. The Hall–Kier alpha value is -0.330. The van der Waals surface area contributed by atoms with E-state index in [9.17, 15) is 0 Å². The van der Waals surface area contributed by atoms with E-state index in [1.165, 1.54) is 37.7 Å². The first-order valence-electron chi connectivity index (χ1n) is 6.71. The van der Waals surface area contributed by atoms with Gasteiger partial charge in [0, 0.05) is 19.0 Å². The largest absolute Gasteiger partial charge is 0.470 e. The van der Waals surface area contributed by atoms with Gasteiger partial charge in [0.05, 0.1) is 11.7 Å². The first-order chi connectivity index (χ1) is 8.86. The molecule has 0 aliphatic carbocycles. The Morgan fingerprint density at radius 1 is 1.44 bits per heavy atom. The molecule has 18 heavy (non-hydrogen) atoms. The molecule has 2 bridgehead atoms. The fourth-order valence-electron chi connectivity index (χ4n) is 2.77. The van der Waals surface area contributed by atoms with Crippen LogP contribution in [0.3, 0.4) is 0 Å². The van der Waals surface area contributed by atoms with Crippen molar-refractivity contribution in [1.29, 1.82) is 0 Å². The Kier molecular flexibility index (Phi) is 4.06. The Morgan fingerprint density at radius 3 is 3.22 bits per heavy atom. The standard InChI is InChI=1S/C12H19N3OS2/c1-2-6-17-12-11(13-18-14-12)16-10-8-15-5-3-4-9(10)7-15/h9-10H,2-8H2,1H3/t9-,10-/m0/s1. The number of fused-ring (bicyclic) bond motifs is 2. The maximum atomic E-state index is 6.13. The summed E-state index contributed by atoms with van der Waals surface area (Å²) in [5.41, 5.74) is 0. The molecule has 2 aliphatic rings. The quantitative estimate of drug-likeness (QED) is 0.777. The molecule has 2 saturated heterocycles. The minimum absolute atomic E-state index is 0.331. The van der Waals surface area contributed by atoms with Gasteiger partial charge in [-0.3, -0.25) is 4.90 Å². The predicted octanol–water partition coefficient (Wildman–Crippen LogP) is 2.51. The second-order valence-electron chi connectivity index (χ2n) is 5.04. The molecule has 0 aromatic carbocycles. The van der Waals surface area contributed by atoms with Gasteiger partial charge in [-0.2, -0.15) is 4.37 Å². The molecule has 100 valence electrons. The zero-order chi connectivity index (χ0) is 12.4. The second kappa shape index (κ2) is 5.75. The lowest BCUT2D eigenvalue weighted by Gasteiger charge is -2.21. The molecule has 0 saturated carbocycles. The summed E-state index contributed by atoms with van der Waals surface area (Å²) in [6, 6.07) is 0. The maximum absolute atomic E-state index is 6.13. The van der Waals surface area contributed by atoms with Crippen LogP contribution in [-0.2, 0) is 0 Å². The second-order valence-corrected chi connectivity index (χ2v) is 6.65. The molecule has 0 radical (unpaired) electrons. The van der Waals surface area contributed by atoms with E-state index in [0.29, 0.717) is 12.0 Å². The topological polar surface area (TPSA) is 38.3 Å². The Bertz CT molecular complexity index is 398. The number of thioether (sulfide) groups is 1. The Labute approximate surface area is 116 Å². The molecular formula is C12H19N3OS2. The molecule has 0 amide bonds. The van der Waals surface area contributed by atoms with Gasteiger partial charge in [0.2, 0.25) is 0 Å². The molecule has 1 unspecified atom stereocenters. The van der Waals surface area contributed by atoms with Crippen molar-refractivity contribution in [2.75, 3.05) is 25.4 Å². The summed E-state index contributed by atoms with van der Waals surface area (Å²) in [7, 11) is 0. The van der Waals surface area contributed by atoms with Gasteiger partial charge in [0.1, 0.15) is 6.10 Å². The molecule has 0 N–H and O–H groups in total. The number of piperidine rings is 1. The zero-order valence-electron chi connectivity index (χ0n) is 10.7. The molecule has 2 aliphatic heterocycles. The van der Waals surface area contributed by atoms with Gasteiger partial charge in [-0.15, -0.1) is 4.37 Å². The van der Waals surface area contributed by atoms with Crippen molar-refractivity contribution >= 4 is 23.5 Å². The van der Waals surface area contributed by atoms with Crippen LogP contribution in [0.5, 0.6) is 5.88 Å². The van der Waals surface area contributed by atoms with Crippen LogP contribution in [0.25, 0.3) is 0 Å². The minimum atomic E-state index is 0.331. The zero-order valence-corrected chi connectivity index (χ0v) is 12.3. The summed E-state index contributed by atoms with van der Waals surface area (Å²) in [5, 5.41) is 0.985. The third-order valence-electron chi connectivity index (χ3n) is 3.64. The minimum Gasteiger partial charge on any atom is -0.470 e. The summed E-state index contributed by atoms with van der Waals surface area (Å²) in [4.78, 5) is 2.51. The van der Waals surface area contributed by atoms with E-state index in [2.05, 4.69) is 20.6 Å². The molecular weight excluding hydrogens is 266 g/mol. The van der Waals surface area contributed by atoms with E-state index in [1.807, 2.05) is 0 Å². The van der Waals surface area contributed by atoms with E-state index in [4.69, 9.17) is 4.74 Å². The molecule has 6 heteroatoms. The molecule has 1 aromatic rings. The molecule has 2 fully saturated rings. The SMILES string of the molecule is CCCSc1nsnc1O[C@H]1CN2CCC[C@H]1C2.